The maximum Gasteiger partial charge on any atom is 0.310 e. The molecule has 0 aliphatic carbocycles. The molecule has 2 N–H and O–H groups in total. The van der Waals surface area contributed by atoms with E-state index in [1.807, 2.05) is 0 Å². The summed E-state index contributed by atoms with van der Waals surface area (Å²) >= 11 is 0. The number of benzene rings is 1. The summed E-state index contributed by atoms with van der Waals surface area (Å²) in [6, 6.07) is 4.19. The first-order valence-corrected chi connectivity index (χ1v) is 6.87. The molecule has 1 fully saturated rings. The number of carbonyl (C=O) groups is 1. The van der Waals surface area contributed by atoms with E-state index in [4.69, 9.17) is 4.74 Å². The van der Waals surface area contributed by atoms with Gasteiger partial charge in [-0.1, -0.05) is 6.92 Å². The van der Waals surface area contributed by atoms with Crippen LogP contribution in [-0.2, 0) is 0 Å². The van der Waals surface area contributed by atoms with Gasteiger partial charge in [-0.05, 0) is 24.9 Å². The second-order valence-electron chi connectivity index (χ2n) is 5.19. The Morgan fingerprint density at radius 2 is 2.29 bits per heavy atom. The fourth-order valence-corrected chi connectivity index (χ4v) is 2.40. The number of nitro benzene ring substituents is 1. The third kappa shape index (κ3) is 3.49. The quantitative estimate of drug-likeness (QED) is 0.645. The zero-order valence-corrected chi connectivity index (χ0v) is 12.1. The van der Waals surface area contributed by atoms with Crippen LogP contribution in [0.3, 0.4) is 0 Å². The topological polar surface area (TPSA) is 93.5 Å². The third-order valence-corrected chi connectivity index (χ3v) is 3.78. The standard InChI is InChI=1S/C14H19N3O4/c1-9-5-6-15-8-11(9)16-14(18)10-3-4-12(17(19)20)13(7-10)21-2/h3-4,7,9,11,15H,5-6,8H2,1-2H3,(H,16,18). The largest absolute Gasteiger partial charge is 0.490 e. The van der Waals surface area contributed by atoms with Crippen molar-refractivity contribution in [2.24, 2.45) is 5.92 Å². The van der Waals surface area contributed by atoms with E-state index < -0.39 is 4.92 Å². The van der Waals surface area contributed by atoms with Crippen LogP contribution in [0.25, 0.3) is 0 Å². The van der Waals surface area contributed by atoms with E-state index in [-0.39, 0.29) is 23.4 Å². The van der Waals surface area contributed by atoms with Gasteiger partial charge in [0, 0.05) is 30.3 Å². The summed E-state index contributed by atoms with van der Waals surface area (Å²) in [7, 11) is 1.34. The molecule has 1 aliphatic rings. The van der Waals surface area contributed by atoms with Gasteiger partial charge >= 0.3 is 5.69 Å². The predicted octanol–water partition coefficient (Wildman–Crippen LogP) is 1.33. The molecule has 1 amide bonds. The molecule has 7 nitrogen and oxygen atoms in total. The van der Waals surface area contributed by atoms with Gasteiger partial charge in [0.2, 0.25) is 0 Å². The van der Waals surface area contributed by atoms with Crippen molar-refractivity contribution in [2.75, 3.05) is 20.2 Å². The van der Waals surface area contributed by atoms with E-state index in [1.54, 1.807) is 0 Å². The number of nitrogens with zero attached hydrogens (tertiary/aromatic N) is 1. The number of methoxy groups -OCH3 is 1. The molecule has 0 spiro atoms. The fourth-order valence-electron chi connectivity index (χ4n) is 2.40. The van der Waals surface area contributed by atoms with Gasteiger partial charge in [-0.25, -0.2) is 0 Å². The van der Waals surface area contributed by atoms with Crippen LogP contribution in [0.2, 0.25) is 0 Å². The number of carbonyl (C=O) groups excluding carboxylic acids is 1. The van der Waals surface area contributed by atoms with Crippen LogP contribution in [0, 0.1) is 16.0 Å². The first-order valence-electron chi connectivity index (χ1n) is 6.87. The summed E-state index contributed by atoms with van der Waals surface area (Å²) < 4.78 is 4.97. The smallest absolute Gasteiger partial charge is 0.310 e. The lowest BCUT2D eigenvalue weighted by Crippen LogP contribution is -2.50. The highest BCUT2D eigenvalue weighted by atomic mass is 16.6. The Morgan fingerprint density at radius 1 is 1.52 bits per heavy atom. The minimum Gasteiger partial charge on any atom is -0.490 e. The Balaban J connectivity index is 2.13. The van der Waals surface area contributed by atoms with E-state index in [0.29, 0.717) is 11.5 Å². The molecule has 0 aromatic heterocycles. The Hall–Kier alpha value is -2.15. The van der Waals surface area contributed by atoms with Crippen LogP contribution in [0.5, 0.6) is 5.75 Å². The van der Waals surface area contributed by atoms with Crippen molar-refractivity contribution in [3.05, 3.63) is 33.9 Å². The average Bonchev–Trinajstić information content (AvgIpc) is 2.48. The number of ether oxygens (including phenoxy) is 1. The lowest BCUT2D eigenvalue weighted by molar-refractivity contribution is -0.385. The van der Waals surface area contributed by atoms with Crippen molar-refractivity contribution in [1.29, 1.82) is 0 Å². The van der Waals surface area contributed by atoms with Crippen molar-refractivity contribution < 1.29 is 14.5 Å². The Labute approximate surface area is 122 Å². The number of hydrogen-bond acceptors (Lipinski definition) is 5. The molecule has 0 radical (unpaired) electrons. The fraction of sp³-hybridized carbons (Fsp3) is 0.500. The SMILES string of the molecule is COc1cc(C(=O)NC2CNCCC2C)ccc1[N+](=O)[O-]. The van der Waals surface area contributed by atoms with Crippen LogP contribution >= 0.6 is 0 Å². The highest BCUT2D eigenvalue weighted by Crippen LogP contribution is 2.27. The van der Waals surface area contributed by atoms with E-state index in [1.165, 1.54) is 25.3 Å². The first-order chi connectivity index (χ1) is 10.0. The lowest BCUT2D eigenvalue weighted by Gasteiger charge is -2.30. The predicted molar refractivity (Wildman–Crippen MR) is 77.6 cm³/mol. The molecule has 1 aromatic carbocycles. The van der Waals surface area contributed by atoms with Gasteiger partial charge in [0.1, 0.15) is 0 Å². The van der Waals surface area contributed by atoms with Crippen LogP contribution in [0.4, 0.5) is 5.69 Å². The maximum absolute atomic E-state index is 12.2. The van der Waals surface area contributed by atoms with Crippen LogP contribution in [-0.4, -0.2) is 37.1 Å². The molecule has 0 saturated carbocycles. The molecule has 1 aromatic rings. The summed E-state index contributed by atoms with van der Waals surface area (Å²) in [5, 5.41) is 17.0. The Morgan fingerprint density at radius 3 is 2.90 bits per heavy atom. The average molecular weight is 293 g/mol. The summed E-state index contributed by atoms with van der Waals surface area (Å²) in [6.07, 6.45) is 1.01. The molecular weight excluding hydrogens is 274 g/mol. The number of amides is 1. The zero-order chi connectivity index (χ0) is 15.4. The van der Waals surface area contributed by atoms with E-state index in [9.17, 15) is 14.9 Å². The van der Waals surface area contributed by atoms with Gasteiger partial charge in [0.15, 0.2) is 5.75 Å². The monoisotopic (exact) mass is 293 g/mol. The molecule has 1 aliphatic heterocycles. The van der Waals surface area contributed by atoms with Crippen molar-refractivity contribution in [2.45, 2.75) is 19.4 Å². The molecule has 21 heavy (non-hydrogen) atoms. The van der Waals surface area contributed by atoms with Gasteiger partial charge in [0.05, 0.1) is 12.0 Å². The summed E-state index contributed by atoms with van der Waals surface area (Å²) in [5.74, 6) is 0.237. The number of nitrogens with one attached hydrogen (secondary N) is 2. The van der Waals surface area contributed by atoms with Crippen LogP contribution < -0.4 is 15.4 Å². The molecule has 1 heterocycles. The number of piperidine rings is 1. The van der Waals surface area contributed by atoms with Crippen molar-refractivity contribution >= 4 is 11.6 Å². The lowest BCUT2D eigenvalue weighted by atomic mass is 9.94. The van der Waals surface area contributed by atoms with E-state index in [2.05, 4.69) is 17.6 Å². The number of rotatable bonds is 4. The maximum atomic E-state index is 12.2. The molecule has 2 rings (SSSR count). The Kier molecular flexibility index (Phi) is 4.74. The molecule has 7 heteroatoms. The highest BCUT2D eigenvalue weighted by Gasteiger charge is 2.24. The van der Waals surface area contributed by atoms with Crippen LogP contribution in [0.15, 0.2) is 18.2 Å². The summed E-state index contributed by atoms with van der Waals surface area (Å²) in [5.41, 5.74) is 0.206. The molecule has 2 unspecified atom stereocenters. The minimum absolute atomic E-state index is 0.0624. The molecule has 0 bridgehead atoms. The normalized spacial score (nSPS) is 21.6. The van der Waals surface area contributed by atoms with Gasteiger partial charge in [-0.15, -0.1) is 0 Å². The second-order valence-corrected chi connectivity index (χ2v) is 5.19. The Bertz CT molecular complexity index is 547. The molecule has 114 valence electrons. The van der Waals surface area contributed by atoms with Gasteiger partial charge in [-0.2, -0.15) is 0 Å². The molecule has 2 atom stereocenters. The number of nitro groups is 1. The molecular formula is C14H19N3O4. The number of hydrogen-bond donors (Lipinski definition) is 2. The van der Waals surface area contributed by atoms with E-state index in [0.717, 1.165) is 19.5 Å². The van der Waals surface area contributed by atoms with Crippen molar-refractivity contribution in [3.8, 4) is 5.75 Å². The van der Waals surface area contributed by atoms with Gasteiger partial charge in [-0.3, -0.25) is 14.9 Å². The van der Waals surface area contributed by atoms with Gasteiger partial charge < -0.3 is 15.4 Å². The van der Waals surface area contributed by atoms with Gasteiger partial charge in [0.25, 0.3) is 5.91 Å². The summed E-state index contributed by atoms with van der Waals surface area (Å²) in [4.78, 5) is 22.5. The molecule has 1 saturated heterocycles. The third-order valence-electron chi connectivity index (χ3n) is 3.78. The zero-order valence-electron chi connectivity index (χ0n) is 12.1. The second kappa shape index (κ2) is 6.53. The summed E-state index contributed by atoms with van der Waals surface area (Å²) in [6.45, 7) is 3.79. The van der Waals surface area contributed by atoms with Crippen LogP contribution in [0.1, 0.15) is 23.7 Å². The minimum atomic E-state index is -0.534. The van der Waals surface area contributed by atoms with E-state index >= 15 is 0 Å². The first kappa shape index (κ1) is 15.2. The highest BCUT2D eigenvalue weighted by molar-refractivity contribution is 5.95. The van der Waals surface area contributed by atoms with Crippen molar-refractivity contribution in [1.82, 2.24) is 10.6 Å². The van der Waals surface area contributed by atoms with Crippen molar-refractivity contribution in [3.63, 3.8) is 0 Å².